The third-order valence-electron chi connectivity index (χ3n) is 5.73. The van der Waals surface area contributed by atoms with E-state index in [0.29, 0.717) is 0 Å². The number of rotatable bonds is 26. The van der Waals surface area contributed by atoms with Crippen LogP contribution in [0.5, 0.6) is 0 Å². The van der Waals surface area contributed by atoms with Crippen molar-refractivity contribution in [3.8, 4) is 0 Å². The SMILES string of the molecule is C=CC(=O)OCC(COCC(COC(=O)C=C)(COC(=O)C=C)COC(=O)CCC(=O)O)(COC(=O)C=C)COC(=O)CCC(=O)O. The van der Waals surface area contributed by atoms with Crippen LogP contribution < -0.4 is 0 Å². The second-order valence-electron chi connectivity index (χ2n) is 9.85. The van der Waals surface area contributed by atoms with Crippen molar-refractivity contribution >= 4 is 47.8 Å². The Hall–Kier alpha value is -5.32. The van der Waals surface area contributed by atoms with Gasteiger partial charge in [0.15, 0.2) is 0 Å². The van der Waals surface area contributed by atoms with E-state index < -0.39 is 137 Å². The van der Waals surface area contributed by atoms with E-state index in [4.69, 9.17) is 43.4 Å². The first-order valence-electron chi connectivity index (χ1n) is 13.6. The van der Waals surface area contributed by atoms with Gasteiger partial charge in [-0.3, -0.25) is 19.2 Å². The zero-order valence-corrected chi connectivity index (χ0v) is 25.6. The highest BCUT2D eigenvalue weighted by atomic mass is 16.6. The molecule has 0 unspecified atom stereocenters. The largest absolute Gasteiger partial charge is 0.481 e. The molecule has 0 aromatic carbocycles. The van der Waals surface area contributed by atoms with E-state index in [9.17, 15) is 38.4 Å². The molecule has 47 heavy (non-hydrogen) atoms. The molecule has 0 aliphatic rings. The Balaban J connectivity index is 6.44. The number of carbonyl (C=O) groups excluding carboxylic acids is 6. The predicted octanol–water partition coefficient (Wildman–Crippen LogP) is 0.709. The number of carboxylic acids is 2. The minimum Gasteiger partial charge on any atom is -0.481 e. The van der Waals surface area contributed by atoms with Crippen molar-refractivity contribution < 1.29 is 81.7 Å². The van der Waals surface area contributed by atoms with E-state index in [1.807, 2.05) is 0 Å². The lowest BCUT2D eigenvalue weighted by Gasteiger charge is -2.35. The van der Waals surface area contributed by atoms with Gasteiger partial charge in [0, 0.05) is 24.3 Å². The van der Waals surface area contributed by atoms with Crippen molar-refractivity contribution in [2.75, 3.05) is 52.9 Å². The van der Waals surface area contributed by atoms with Gasteiger partial charge in [-0.15, -0.1) is 0 Å². The Morgan fingerprint density at radius 3 is 0.915 bits per heavy atom. The number of aliphatic carboxylic acids is 2. The summed E-state index contributed by atoms with van der Waals surface area (Å²) in [6.07, 6.45) is 1.14. The van der Waals surface area contributed by atoms with E-state index in [2.05, 4.69) is 26.3 Å². The molecule has 0 spiro atoms. The number of hydrogen-bond acceptors (Lipinski definition) is 15. The van der Waals surface area contributed by atoms with Crippen LogP contribution in [0.3, 0.4) is 0 Å². The van der Waals surface area contributed by atoms with Crippen molar-refractivity contribution in [1.82, 2.24) is 0 Å². The standard InChI is InChI=1S/C30H38O17/c1-5-23(35)42-15-29(16-43-24(36)6-2,19-46-27(39)11-9-21(31)32)13-41-14-30(17-44-25(37)7-3,18-45-26(38)8-4)20-47-28(40)12-10-22(33)34/h5-8H,1-4,9-20H2,(H,31,32)(H,33,34). The van der Waals surface area contributed by atoms with Crippen molar-refractivity contribution in [2.24, 2.45) is 10.8 Å². The molecular weight excluding hydrogens is 632 g/mol. The molecule has 17 nitrogen and oxygen atoms in total. The van der Waals surface area contributed by atoms with Gasteiger partial charge in [-0.2, -0.15) is 0 Å². The first-order chi connectivity index (χ1) is 22.1. The maximum Gasteiger partial charge on any atom is 0.330 e. The van der Waals surface area contributed by atoms with Gasteiger partial charge in [0.25, 0.3) is 0 Å². The van der Waals surface area contributed by atoms with E-state index in [0.717, 1.165) is 24.3 Å². The number of carbonyl (C=O) groups is 8. The Bertz CT molecular complexity index is 1050. The molecule has 0 aliphatic heterocycles. The Labute approximate surface area is 269 Å². The monoisotopic (exact) mass is 670 g/mol. The van der Waals surface area contributed by atoms with Crippen LogP contribution in [0.15, 0.2) is 50.6 Å². The third-order valence-corrected chi connectivity index (χ3v) is 5.73. The van der Waals surface area contributed by atoms with Crippen LogP contribution in [-0.4, -0.2) is 111 Å². The highest BCUT2D eigenvalue weighted by molar-refractivity contribution is 5.82. The molecule has 0 aromatic heterocycles. The van der Waals surface area contributed by atoms with E-state index in [1.165, 1.54) is 0 Å². The van der Waals surface area contributed by atoms with Gasteiger partial charge in [-0.05, 0) is 0 Å². The first kappa shape index (κ1) is 41.7. The van der Waals surface area contributed by atoms with Crippen molar-refractivity contribution in [3.05, 3.63) is 50.6 Å². The van der Waals surface area contributed by atoms with Gasteiger partial charge in [-0.1, -0.05) is 26.3 Å². The highest BCUT2D eigenvalue weighted by Crippen LogP contribution is 2.26. The van der Waals surface area contributed by atoms with Crippen LogP contribution in [0.2, 0.25) is 0 Å². The maximum absolute atomic E-state index is 12.2. The molecule has 2 N–H and O–H groups in total. The highest BCUT2D eigenvalue weighted by Gasteiger charge is 2.40. The quantitative estimate of drug-likeness (QED) is 0.0731. The molecule has 260 valence electrons. The topological polar surface area (TPSA) is 242 Å². The van der Waals surface area contributed by atoms with Gasteiger partial charge >= 0.3 is 47.8 Å². The second-order valence-corrected chi connectivity index (χ2v) is 9.85. The van der Waals surface area contributed by atoms with Gasteiger partial charge in [0.2, 0.25) is 0 Å². The lowest BCUT2D eigenvalue weighted by atomic mass is 9.90. The second kappa shape index (κ2) is 22.2. The van der Waals surface area contributed by atoms with Gasteiger partial charge in [-0.25, -0.2) is 19.2 Å². The normalized spacial score (nSPS) is 10.7. The molecule has 0 aromatic rings. The number of hydrogen-bond donors (Lipinski definition) is 2. The summed E-state index contributed by atoms with van der Waals surface area (Å²) in [5.74, 6) is -8.15. The molecule has 0 atom stereocenters. The van der Waals surface area contributed by atoms with Gasteiger partial charge < -0.3 is 43.4 Å². The molecule has 0 amide bonds. The molecule has 0 aliphatic carbocycles. The predicted molar refractivity (Wildman–Crippen MR) is 156 cm³/mol. The average molecular weight is 671 g/mol. The number of esters is 6. The summed E-state index contributed by atoms with van der Waals surface area (Å²) in [7, 11) is 0. The van der Waals surface area contributed by atoms with Crippen molar-refractivity contribution in [3.63, 3.8) is 0 Å². The van der Waals surface area contributed by atoms with Crippen molar-refractivity contribution in [1.29, 1.82) is 0 Å². The maximum atomic E-state index is 12.2. The van der Waals surface area contributed by atoms with E-state index in [1.54, 1.807) is 0 Å². The van der Waals surface area contributed by atoms with E-state index in [-0.39, 0.29) is 0 Å². The molecule has 17 heteroatoms. The molecule has 0 heterocycles. The molecule has 0 rings (SSSR count). The lowest BCUT2D eigenvalue weighted by Crippen LogP contribution is -2.47. The average Bonchev–Trinajstić information content (AvgIpc) is 3.06. The fourth-order valence-electron chi connectivity index (χ4n) is 3.15. The summed E-state index contributed by atoms with van der Waals surface area (Å²) in [4.78, 5) is 93.9. The summed E-state index contributed by atoms with van der Waals surface area (Å²) in [6.45, 7) is 8.28. The molecule has 0 fully saturated rings. The summed E-state index contributed by atoms with van der Waals surface area (Å²) < 4.78 is 36.8. The van der Waals surface area contributed by atoms with E-state index >= 15 is 0 Å². The van der Waals surface area contributed by atoms with Crippen LogP contribution >= 0.6 is 0 Å². The molecule has 0 saturated carbocycles. The summed E-state index contributed by atoms with van der Waals surface area (Å²) in [5, 5.41) is 17.7. The summed E-state index contributed by atoms with van der Waals surface area (Å²) in [6, 6.07) is 0. The fourth-order valence-corrected chi connectivity index (χ4v) is 3.15. The molecule has 0 saturated heterocycles. The summed E-state index contributed by atoms with van der Waals surface area (Å²) in [5.41, 5.74) is -3.31. The zero-order valence-electron chi connectivity index (χ0n) is 25.6. The smallest absolute Gasteiger partial charge is 0.330 e. The van der Waals surface area contributed by atoms with Gasteiger partial charge in [0.05, 0.1) is 49.7 Å². The van der Waals surface area contributed by atoms with Crippen LogP contribution in [0.25, 0.3) is 0 Å². The minimum atomic E-state index is -1.66. The Morgan fingerprint density at radius 2 is 0.681 bits per heavy atom. The first-order valence-corrected chi connectivity index (χ1v) is 13.6. The Kier molecular flexibility index (Phi) is 19.7. The third kappa shape index (κ3) is 18.9. The zero-order chi connectivity index (χ0) is 35.9. The number of ether oxygens (including phenoxy) is 7. The van der Waals surface area contributed by atoms with Gasteiger partial charge in [0.1, 0.15) is 39.6 Å². The molecule has 0 radical (unpaired) electrons. The Morgan fingerprint density at radius 1 is 0.426 bits per heavy atom. The summed E-state index contributed by atoms with van der Waals surface area (Å²) >= 11 is 0. The fraction of sp³-hybridized carbons (Fsp3) is 0.467. The van der Waals surface area contributed by atoms with Crippen LogP contribution in [0.4, 0.5) is 0 Å². The lowest BCUT2D eigenvalue weighted by molar-refractivity contribution is -0.172. The van der Waals surface area contributed by atoms with Crippen LogP contribution in [-0.2, 0) is 71.5 Å². The van der Waals surface area contributed by atoms with Crippen molar-refractivity contribution in [2.45, 2.75) is 25.7 Å². The minimum absolute atomic E-state index is 0.523. The van der Waals surface area contributed by atoms with Crippen LogP contribution in [0, 0.1) is 10.8 Å². The number of carboxylic acid groups (broad SMARTS) is 2. The molecular formula is C30H38O17. The molecule has 0 bridgehead atoms. The van der Waals surface area contributed by atoms with Crippen LogP contribution in [0.1, 0.15) is 25.7 Å².